The molecule has 0 atom stereocenters. The number of rotatable bonds is 4. The third-order valence-electron chi connectivity index (χ3n) is 8.93. The molecular weight excluding hydrogens is 542 g/mol. The molecule has 210 valence electrons. The summed E-state index contributed by atoms with van der Waals surface area (Å²) < 4.78 is 28.1. The van der Waals surface area contributed by atoms with Gasteiger partial charge < -0.3 is 0 Å². The van der Waals surface area contributed by atoms with Crippen molar-refractivity contribution >= 4 is 32.3 Å². The van der Waals surface area contributed by atoms with E-state index in [-0.39, 0.29) is 11.6 Å². The first-order chi connectivity index (χ1) is 21.4. The van der Waals surface area contributed by atoms with Crippen LogP contribution in [0.25, 0.3) is 76.8 Å². The van der Waals surface area contributed by atoms with Crippen molar-refractivity contribution in [1.29, 1.82) is 0 Å². The Hall–Kier alpha value is -5.34. The zero-order valence-electron chi connectivity index (χ0n) is 24.5. The van der Waals surface area contributed by atoms with Crippen LogP contribution >= 0.6 is 0 Å². The molecule has 0 aromatic heterocycles. The van der Waals surface area contributed by atoms with E-state index >= 15 is 0 Å². The minimum atomic E-state index is -0.253. The highest BCUT2D eigenvalue weighted by Crippen LogP contribution is 2.48. The largest absolute Gasteiger partial charge is 0.207 e. The molecule has 0 bridgehead atoms. The summed E-state index contributed by atoms with van der Waals surface area (Å²) in [5.74, 6) is -0.506. The summed E-state index contributed by atoms with van der Waals surface area (Å²) in [6.45, 7) is 4.20. The minimum Gasteiger partial charge on any atom is -0.207 e. The molecule has 8 aromatic rings. The fraction of sp³-hybridized carbons (Fsp3) is 0.0476. The average molecular weight is 571 g/mol. The van der Waals surface area contributed by atoms with Gasteiger partial charge in [0, 0.05) is 0 Å². The van der Waals surface area contributed by atoms with Gasteiger partial charge in [0.15, 0.2) is 0 Å². The van der Waals surface area contributed by atoms with Crippen molar-refractivity contribution in [2.75, 3.05) is 0 Å². The number of hydrogen-bond donors (Lipinski definition) is 0. The van der Waals surface area contributed by atoms with Crippen LogP contribution in [0.5, 0.6) is 0 Å². The monoisotopic (exact) mass is 570 g/mol. The number of hydrogen-bond acceptors (Lipinski definition) is 0. The molecule has 0 saturated carbocycles. The van der Waals surface area contributed by atoms with E-state index in [2.05, 4.69) is 98.8 Å². The molecule has 0 N–H and O–H groups in total. The van der Waals surface area contributed by atoms with Gasteiger partial charge in [-0.05, 0) is 127 Å². The van der Waals surface area contributed by atoms with Crippen molar-refractivity contribution in [2.45, 2.75) is 13.8 Å². The van der Waals surface area contributed by atoms with Gasteiger partial charge in [0.2, 0.25) is 0 Å². The van der Waals surface area contributed by atoms with E-state index in [0.717, 1.165) is 55.3 Å². The highest BCUT2D eigenvalue weighted by atomic mass is 19.1. The first-order valence-corrected chi connectivity index (χ1v) is 14.9. The van der Waals surface area contributed by atoms with Crippen LogP contribution in [0, 0.1) is 25.5 Å². The van der Waals surface area contributed by atoms with Gasteiger partial charge in [0.1, 0.15) is 11.6 Å². The molecule has 0 spiro atoms. The topological polar surface area (TPSA) is 0 Å². The summed E-state index contributed by atoms with van der Waals surface area (Å²) in [5.41, 5.74) is 11.0. The summed E-state index contributed by atoms with van der Waals surface area (Å²) in [6, 6.07) is 44.3. The average Bonchev–Trinajstić information content (AvgIpc) is 3.05. The molecule has 44 heavy (non-hydrogen) atoms. The molecule has 0 aliphatic rings. The maximum atomic E-state index is 14.1. The molecule has 8 aromatic carbocycles. The lowest BCUT2D eigenvalue weighted by molar-refractivity contribution is 0.627. The molecule has 0 saturated heterocycles. The van der Waals surface area contributed by atoms with E-state index < -0.39 is 0 Å². The zero-order valence-corrected chi connectivity index (χ0v) is 24.5. The molecule has 8 rings (SSSR count). The molecule has 0 fully saturated rings. The van der Waals surface area contributed by atoms with Crippen LogP contribution in [-0.2, 0) is 0 Å². The molecule has 0 amide bonds. The smallest absolute Gasteiger partial charge is 0.123 e. The van der Waals surface area contributed by atoms with Crippen molar-refractivity contribution in [1.82, 2.24) is 0 Å². The molecule has 0 aliphatic heterocycles. The summed E-state index contributed by atoms with van der Waals surface area (Å²) in [6.07, 6.45) is 0. The third kappa shape index (κ3) is 4.26. The Morgan fingerprint density at radius 1 is 0.318 bits per heavy atom. The Balaban J connectivity index is 1.56. The minimum absolute atomic E-state index is 0.253. The summed E-state index contributed by atoms with van der Waals surface area (Å²) in [5, 5.41) is 6.92. The fourth-order valence-electron chi connectivity index (χ4n) is 6.67. The molecule has 0 radical (unpaired) electrons. The SMILES string of the molecule is Cc1ccc(-c2cc(-c3ccc(F)cc3)c3ccc4c(-c5ccc(C)cc5)cc(-c5ccc(F)cc5)c5ccc2c3c45)cc1. The lowest BCUT2D eigenvalue weighted by atomic mass is 9.82. The molecule has 2 heteroatoms. The van der Waals surface area contributed by atoms with Gasteiger partial charge in [-0.1, -0.05) is 108 Å². The third-order valence-corrected chi connectivity index (χ3v) is 8.93. The highest BCUT2D eigenvalue weighted by Gasteiger charge is 2.21. The number of benzene rings is 8. The van der Waals surface area contributed by atoms with E-state index in [1.165, 1.54) is 56.9 Å². The van der Waals surface area contributed by atoms with Crippen LogP contribution < -0.4 is 0 Å². The first kappa shape index (κ1) is 26.3. The van der Waals surface area contributed by atoms with Crippen LogP contribution in [0.3, 0.4) is 0 Å². The predicted molar refractivity (Wildman–Crippen MR) is 181 cm³/mol. The Bertz CT molecular complexity index is 1980. The maximum Gasteiger partial charge on any atom is 0.123 e. The van der Waals surface area contributed by atoms with Crippen LogP contribution in [-0.4, -0.2) is 0 Å². The quantitative estimate of drug-likeness (QED) is 0.185. The lowest BCUT2D eigenvalue weighted by Gasteiger charge is -2.21. The summed E-state index contributed by atoms with van der Waals surface area (Å²) >= 11 is 0. The summed E-state index contributed by atoms with van der Waals surface area (Å²) in [4.78, 5) is 0. The van der Waals surface area contributed by atoms with Crippen molar-refractivity contribution < 1.29 is 8.78 Å². The van der Waals surface area contributed by atoms with Crippen molar-refractivity contribution in [2.24, 2.45) is 0 Å². The molecule has 0 aliphatic carbocycles. The Labute approximate surface area is 255 Å². The maximum absolute atomic E-state index is 14.1. The molecule has 0 unspecified atom stereocenters. The van der Waals surface area contributed by atoms with E-state index in [4.69, 9.17) is 0 Å². The van der Waals surface area contributed by atoms with E-state index in [0.29, 0.717) is 0 Å². The molecule has 0 nitrogen and oxygen atoms in total. The van der Waals surface area contributed by atoms with Crippen LogP contribution in [0.1, 0.15) is 11.1 Å². The van der Waals surface area contributed by atoms with Crippen molar-refractivity contribution in [3.05, 3.63) is 156 Å². The zero-order chi connectivity index (χ0) is 29.9. The number of halogens is 2. The van der Waals surface area contributed by atoms with Gasteiger partial charge >= 0.3 is 0 Å². The molecule has 0 heterocycles. The first-order valence-electron chi connectivity index (χ1n) is 14.9. The van der Waals surface area contributed by atoms with Crippen LogP contribution in [0.4, 0.5) is 8.78 Å². The second kappa shape index (κ2) is 10.1. The van der Waals surface area contributed by atoms with E-state index in [1.807, 2.05) is 24.3 Å². The van der Waals surface area contributed by atoms with Crippen LogP contribution in [0.15, 0.2) is 133 Å². The van der Waals surface area contributed by atoms with Gasteiger partial charge in [-0.25, -0.2) is 8.78 Å². The van der Waals surface area contributed by atoms with Crippen molar-refractivity contribution in [3.63, 3.8) is 0 Å². The van der Waals surface area contributed by atoms with Crippen molar-refractivity contribution in [3.8, 4) is 44.5 Å². The molecular formula is C42H28F2. The van der Waals surface area contributed by atoms with Gasteiger partial charge in [-0.3, -0.25) is 0 Å². The van der Waals surface area contributed by atoms with Crippen LogP contribution in [0.2, 0.25) is 0 Å². The standard InChI is InChI=1S/C42H28F2/c1-25-3-7-27(8-4-25)37-23-39(29-11-15-31(43)16-12-29)35-22-20-34-38(28-9-5-26(2)6-10-28)24-40(30-13-17-32(44)18-14-30)36-21-19-33(37)41(35)42(34)36/h3-24H,1-2H3. The summed E-state index contributed by atoms with van der Waals surface area (Å²) in [7, 11) is 0. The Morgan fingerprint density at radius 2 is 0.568 bits per heavy atom. The van der Waals surface area contributed by atoms with Gasteiger partial charge in [0.25, 0.3) is 0 Å². The Kier molecular flexibility index (Phi) is 6.06. The Morgan fingerprint density at radius 3 is 0.841 bits per heavy atom. The highest BCUT2D eigenvalue weighted by molar-refractivity contribution is 6.31. The normalized spacial score (nSPS) is 11.6. The van der Waals surface area contributed by atoms with Gasteiger partial charge in [-0.15, -0.1) is 0 Å². The second-order valence-electron chi connectivity index (χ2n) is 11.8. The lowest BCUT2D eigenvalue weighted by Crippen LogP contribution is -1.94. The van der Waals surface area contributed by atoms with Gasteiger partial charge in [0.05, 0.1) is 0 Å². The van der Waals surface area contributed by atoms with E-state index in [9.17, 15) is 8.78 Å². The fourth-order valence-corrected chi connectivity index (χ4v) is 6.67. The van der Waals surface area contributed by atoms with E-state index in [1.54, 1.807) is 0 Å². The second-order valence-corrected chi connectivity index (χ2v) is 11.8. The predicted octanol–water partition coefficient (Wildman–Crippen LogP) is 12.1. The number of aryl methyl sites for hydroxylation is 2. The van der Waals surface area contributed by atoms with Gasteiger partial charge in [-0.2, -0.15) is 0 Å².